The summed E-state index contributed by atoms with van der Waals surface area (Å²) in [4.78, 5) is 11.9. The Bertz CT molecular complexity index is 673. The predicted molar refractivity (Wildman–Crippen MR) is 92.0 cm³/mol. The number of rotatable bonds is 0. The van der Waals surface area contributed by atoms with Crippen LogP contribution in [0.3, 0.4) is 0 Å². The van der Waals surface area contributed by atoms with Crippen molar-refractivity contribution in [2.45, 2.75) is 76.4 Å². The molecule has 0 heterocycles. The van der Waals surface area contributed by atoms with Crippen molar-refractivity contribution in [2.24, 2.45) is 22.7 Å². The monoisotopic (exact) mass is 328 g/mol. The summed E-state index contributed by atoms with van der Waals surface area (Å²) in [5.41, 5.74) is -1.28. The van der Waals surface area contributed by atoms with E-state index in [0.29, 0.717) is 19.3 Å². The molecule has 130 valence electrons. The number of aliphatic hydroxyl groups is 2. The molecule has 3 saturated carbocycles. The highest BCUT2D eigenvalue weighted by atomic mass is 16.3. The molecule has 2 N–H and O–H groups in total. The molecule has 4 aliphatic rings. The molecule has 3 fully saturated rings. The summed E-state index contributed by atoms with van der Waals surface area (Å²) in [5, 5.41) is 22.8. The van der Waals surface area contributed by atoms with Crippen molar-refractivity contribution in [3.8, 4) is 12.3 Å². The van der Waals surface area contributed by atoms with E-state index >= 15 is 0 Å². The van der Waals surface area contributed by atoms with Crippen molar-refractivity contribution in [3.63, 3.8) is 0 Å². The third kappa shape index (κ3) is 1.69. The van der Waals surface area contributed by atoms with Gasteiger partial charge in [0.2, 0.25) is 0 Å². The lowest BCUT2D eigenvalue weighted by Crippen LogP contribution is -2.64. The first-order valence-electron chi connectivity index (χ1n) is 9.37. The van der Waals surface area contributed by atoms with Crippen molar-refractivity contribution in [3.05, 3.63) is 11.6 Å². The molecule has 0 saturated heterocycles. The Morgan fingerprint density at radius 1 is 1.08 bits per heavy atom. The van der Waals surface area contributed by atoms with E-state index in [4.69, 9.17) is 6.42 Å². The van der Waals surface area contributed by atoms with Crippen LogP contribution in [-0.2, 0) is 4.79 Å². The average Bonchev–Trinajstić information content (AvgIpc) is 2.82. The fourth-order valence-corrected chi connectivity index (χ4v) is 6.76. The maximum atomic E-state index is 11.9. The molecule has 3 heteroatoms. The van der Waals surface area contributed by atoms with Gasteiger partial charge in [0.05, 0.1) is 5.60 Å². The van der Waals surface area contributed by atoms with Crippen molar-refractivity contribution in [1.29, 1.82) is 0 Å². The molecule has 0 unspecified atom stereocenters. The van der Waals surface area contributed by atoms with Crippen LogP contribution >= 0.6 is 0 Å². The van der Waals surface area contributed by atoms with Gasteiger partial charge in [-0.25, -0.2) is 0 Å². The first-order chi connectivity index (χ1) is 11.2. The summed E-state index contributed by atoms with van der Waals surface area (Å²) in [6.07, 6.45) is 13.5. The summed E-state index contributed by atoms with van der Waals surface area (Å²) in [6.45, 7) is 4.28. The minimum absolute atomic E-state index is 0.161. The highest BCUT2D eigenvalue weighted by molar-refractivity contribution is 5.91. The van der Waals surface area contributed by atoms with Crippen LogP contribution in [0.15, 0.2) is 11.6 Å². The lowest BCUT2D eigenvalue weighted by molar-refractivity contribution is -0.202. The number of fused-ring (bicyclic) bond motifs is 5. The Balaban J connectivity index is 1.77. The van der Waals surface area contributed by atoms with Crippen LogP contribution < -0.4 is 0 Å². The largest absolute Gasteiger partial charge is 0.389 e. The minimum Gasteiger partial charge on any atom is -0.389 e. The van der Waals surface area contributed by atoms with E-state index in [1.807, 2.05) is 0 Å². The van der Waals surface area contributed by atoms with Gasteiger partial charge in [0.25, 0.3) is 0 Å². The van der Waals surface area contributed by atoms with E-state index in [1.54, 1.807) is 6.08 Å². The minimum atomic E-state index is -1.04. The summed E-state index contributed by atoms with van der Waals surface area (Å²) in [7, 11) is 0. The Hall–Kier alpha value is -1.11. The zero-order valence-corrected chi connectivity index (χ0v) is 14.8. The van der Waals surface area contributed by atoms with Crippen molar-refractivity contribution in [1.82, 2.24) is 0 Å². The first-order valence-corrected chi connectivity index (χ1v) is 9.37. The van der Waals surface area contributed by atoms with Crippen LogP contribution in [0.1, 0.15) is 65.2 Å². The van der Waals surface area contributed by atoms with Gasteiger partial charge in [-0.3, -0.25) is 4.79 Å². The molecule has 0 aromatic rings. The van der Waals surface area contributed by atoms with Gasteiger partial charge < -0.3 is 10.2 Å². The van der Waals surface area contributed by atoms with Gasteiger partial charge >= 0.3 is 0 Å². The Morgan fingerprint density at radius 3 is 2.54 bits per heavy atom. The molecule has 4 aliphatic carbocycles. The topological polar surface area (TPSA) is 57.5 Å². The predicted octanol–water partition coefficient (Wildman–Crippen LogP) is 3.00. The van der Waals surface area contributed by atoms with E-state index in [-0.39, 0.29) is 28.4 Å². The maximum absolute atomic E-state index is 11.9. The summed E-state index contributed by atoms with van der Waals surface area (Å²) in [6, 6.07) is 0. The SMILES string of the molecule is C#C[C@]1(O)CC[C@H]2[C@@H]3CCC4=CC(=O)CC[C@]4(C)[C@@]3(O)CC[C@@]21C. The van der Waals surface area contributed by atoms with E-state index in [9.17, 15) is 15.0 Å². The quantitative estimate of drug-likeness (QED) is 0.672. The summed E-state index contributed by atoms with van der Waals surface area (Å²) >= 11 is 0. The third-order valence-corrected chi connectivity index (χ3v) is 8.54. The molecular weight excluding hydrogens is 300 g/mol. The summed E-state index contributed by atoms with van der Waals surface area (Å²) in [5.74, 6) is 3.30. The Kier molecular flexibility index (Phi) is 3.23. The number of hydrogen-bond acceptors (Lipinski definition) is 3. The lowest BCUT2D eigenvalue weighted by Gasteiger charge is -2.63. The fraction of sp³-hybridized carbons (Fsp3) is 0.762. The molecule has 0 aromatic heterocycles. The van der Waals surface area contributed by atoms with Crippen LogP contribution in [0.2, 0.25) is 0 Å². The van der Waals surface area contributed by atoms with Crippen molar-refractivity contribution >= 4 is 5.78 Å². The van der Waals surface area contributed by atoms with Gasteiger partial charge in [-0.15, -0.1) is 6.42 Å². The van der Waals surface area contributed by atoms with Crippen LogP contribution in [0.25, 0.3) is 0 Å². The van der Waals surface area contributed by atoms with Crippen LogP contribution in [0.4, 0.5) is 0 Å². The Morgan fingerprint density at radius 2 is 1.83 bits per heavy atom. The number of terminal acetylenes is 1. The zero-order chi connectivity index (χ0) is 17.4. The number of hydrogen-bond donors (Lipinski definition) is 2. The van der Waals surface area contributed by atoms with Gasteiger partial charge in [-0.1, -0.05) is 25.3 Å². The second-order valence-corrected chi connectivity index (χ2v) is 9.10. The second kappa shape index (κ2) is 4.74. The van der Waals surface area contributed by atoms with Crippen molar-refractivity contribution < 1.29 is 15.0 Å². The number of carbonyl (C=O) groups is 1. The highest BCUT2D eigenvalue weighted by Gasteiger charge is 2.68. The van der Waals surface area contributed by atoms with Gasteiger partial charge in [0.1, 0.15) is 5.60 Å². The molecule has 0 spiro atoms. The van der Waals surface area contributed by atoms with Crippen LogP contribution in [0.5, 0.6) is 0 Å². The first kappa shape index (κ1) is 16.4. The van der Waals surface area contributed by atoms with E-state index in [0.717, 1.165) is 37.7 Å². The standard InChI is InChI=1S/C21H28O3/c1-4-20(23)10-8-16-17-6-5-14-13-15(22)7-9-18(14,2)21(17,24)12-11-19(16,20)3/h1,13,16-17,23-24H,5-12H2,2-3H3/t16-,17-,18-,19-,20-,21+/m0/s1. The number of ketones is 1. The molecular formula is C21H28O3. The molecule has 24 heavy (non-hydrogen) atoms. The van der Waals surface area contributed by atoms with E-state index in [2.05, 4.69) is 19.8 Å². The molecule has 0 bridgehead atoms. The number of carbonyl (C=O) groups excluding carboxylic acids is 1. The molecule has 0 aliphatic heterocycles. The Labute approximate surface area is 144 Å². The third-order valence-electron chi connectivity index (χ3n) is 8.54. The van der Waals surface area contributed by atoms with Crippen molar-refractivity contribution in [2.75, 3.05) is 0 Å². The maximum Gasteiger partial charge on any atom is 0.155 e. The van der Waals surface area contributed by atoms with Crippen LogP contribution in [-0.4, -0.2) is 27.2 Å². The van der Waals surface area contributed by atoms with Gasteiger partial charge in [-0.2, -0.15) is 0 Å². The average molecular weight is 328 g/mol. The van der Waals surface area contributed by atoms with Gasteiger partial charge in [0, 0.05) is 17.3 Å². The zero-order valence-electron chi connectivity index (χ0n) is 14.8. The fourth-order valence-electron chi connectivity index (χ4n) is 6.76. The van der Waals surface area contributed by atoms with Gasteiger partial charge in [0.15, 0.2) is 5.78 Å². The second-order valence-electron chi connectivity index (χ2n) is 9.10. The smallest absolute Gasteiger partial charge is 0.155 e. The molecule has 0 amide bonds. The normalized spacial score (nSPS) is 53.5. The lowest BCUT2D eigenvalue weighted by atomic mass is 9.44. The molecule has 4 rings (SSSR count). The molecule has 3 nitrogen and oxygen atoms in total. The van der Waals surface area contributed by atoms with Gasteiger partial charge in [-0.05, 0) is 62.9 Å². The highest BCUT2D eigenvalue weighted by Crippen LogP contribution is 2.68. The molecule has 0 aromatic carbocycles. The van der Waals surface area contributed by atoms with E-state index in [1.165, 1.54) is 0 Å². The van der Waals surface area contributed by atoms with E-state index < -0.39 is 11.2 Å². The molecule has 0 radical (unpaired) electrons. The molecule has 6 atom stereocenters. The summed E-state index contributed by atoms with van der Waals surface area (Å²) < 4.78 is 0. The van der Waals surface area contributed by atoms with Crippen LogP contribution in [0, 0.1) is 35.0 Å².